The van der Waals surface area contributed by atoms with Gasteiger partial charge in [-0.1, -0.05) is 0 Å². The Balaban J connectivity index is 2.64. The van der Waals surface area contributed by atoms with E-state index in [0.29, 0.717) is 0 Å². The van der Waals surface area contributed by atoms with Gasteiger partial charge in [-0.15, -0.1) is 34.0 Å². The second-order valence-corrected chi connectivity index (χ2v) is 6.26. The number of hydrogen-bond donors (Lipinski definition) is 0. The summed E-state index contributed by atoms with van der Waals surface area (Å²) < 4.78 is 4.40. The summed E-state index contributed by atoms with van der Waals surface area (Å²) >= 11 is 5.68. The zero-order valence-corrected chi connectivity index (χ0v) is 8.91. The Kier molecular flexibility index (Phi) is 1.36. The first-order chi connectivity index (χ1) is 5.84. The summed E-state index contributed by atoms with van der Waals surface area (Å²) in [4.78, 5) is 1.42. The van der Waals surface area contributed by atoms with Crippen LogP contribution in [0.15, 0.2) is 17.5 Å². The van der Waals surface area contributed by atoms with Crippen molar-refractivity contribution in [2.45, 2.75) is 6.92 Å². The van der Waals surface area contributed by atoms with E-state index in [1.54, 1.807) is 0 Å². The molecular formula is C9H6S3. The lowest BCUT2D eigenvalue weighted by Crippen LogP contribution is -1.49. The molecule has 60 valence electrons. The van der Waals surface area contributed by atoms with Gasteiger partial charge in [0.25, 0.3) is 0 Å². The molecule has 3 heteroatoms. The highest BCUT2D eigenvalue weighted by molar-refractivity contribution is 7.43. The molecule has 12 heavy (non-hydrogen) atoms. The molecule has 3 aromatic heterocycles. The molecule has 0 aliphatic rings. The lowest BCUT2D eigenvalue weighted by Gasteiger charge is -1.74. The van der Waals surface area contributed by atoms with Gasteiger partial charge in [0.2, 0.25) is 0 Å². The van der Waals surface area contributed by atoms with Crippen molar-refractivity contribution in [1.29, 1.82) is 0 Å². The van der Waals surface area contributed by atoms with Gasteiger partial charge < -0.3 is 0 Å². The molecular weight excluding hydrogens is 204 g/mol. The van der Waals surface area contributed by atoms with Crippen molar-refractivity contribution in [3.8, 4) is 0 Å². The van der Waals surface area contributed by atoms with Crippen molar-refractivity contribution in [2.75, 3.05) is 0 Å². The van der Waals surface area contributed by atoms with Gasteiger partial charge in [-0.05, 0) is 24.4 Å². The van der Waals surface area contributed by atoms with E-state index in [9.17, 15) is 0 Å². The summed E-state index contributed by atoms with van der Waals surface area (Å²) in [6.45, 7) is 2.18. The van der Waals surface area contributed by atoms with Gasteiger partial charge >= 0.3 is 0 Å². The quantitative estimate of drug-likeness (QED) is 0.513. The molecule has 0 amide bonds. The molecule has 0 fully saturated rings. The average molecular weight is 210 g/mol. The molecule has 0 unspecified atom stereocenters. The Morgan fingerprint density at radius 2 is 2.17 bits per heavy atom. The zero-order chi connectivity index (χ0) is 8.13. The predicted molar refractivity (Wildman–Crippen MR) is 59.8 cm³/mol. The van der Waals surface area contributed by atoms with Crippen LogP contribution in [-0.2, 0) is 0 Å². The van der Waals surface area contributed by atoms with Crippen molar-refractivity contribution in [3.05, 3.63) is 22.4 Å². The monoisotopic (exact) mass is 210 g/mol. The summed E-state index contributed by atoms with van der Waals surface area (Å²) in [5, 5.41) is 3.64. The molecule has 0 radical (unpaired) electrons. The van der Waals surface area contributed by atoms with Crippen LogP contribution in [0.1, 0.15) is 4.88 Å². The van der Waals surface area contributed by atoms with Crippen LogP contribution in [0.3, 0.4) is 0 Å². The molecule has 0 bridgehead atoms. The number of aryl methyl sites for hydroxylation is 1. The van der Waals surface area contributed by atoms with Gasteiger partial charge in [-0.25, -0.2) is 0 Å². The van der Waals surface area contributed by atoms with Crippen LogP contribution < -0.4 is 0 Å². The largest absolute Gasteiger partial charge is 0.142 e. The maximum atomic E-state index is 2.30. The summed E-state index contributed by atoms with van der Waals surface area (Å²) in [7, 11) is 0. The molecule has 0 saturated heterocycles. The number of hydrogen-bond acceptors (Lipinski definition) is 3. The Morgan fingerprint density at radius 3 is 3.08 bits per heavy atom. The highest BCUT2D eigenvalue weighted by atomic mass is 32.2. The minimum atomic E-state index is 1.42. The average Bonchev–Trinajstić information content (AvgIpc) is 2.59. The Hall–Kier alpha value is -0.380. The van der Waals surface area contributed by atoms with Gasteiger partial charge in [-0.2, -0.15) is 0 Å². The third kappa shape index (κ3) is 0.815. The standard InChI is InChI=1S/C9H6S3/c1-5-4-6-8-7(2-3-10-8)12-9(6)11-5/h2-4H,1H3. The van der Waals surface area contributed by atoms with Crippen LogP contribution >= 0.6 is 34.0 Å². The number of fused-ring (bicyclic) bond motifs is 3. The molecule has 0 aliphatic heterocycles. The molecule has 3 heterocycles. The molecule has 0 N–H and O–H groups in total. The van der Waals surface area contributed by atoms with Gasteiger partial charge in [0.1, 0.15) is 0 Å². The van der Waals surface area contributed by atoms with Crippen LogP contribution in [0.25, 0.3) is 18.8 Å². The Morgan fingerprint density at radius 1 is 1.25 bits per heavy atom. The molecule has 0 aromatic carbocycles. The van der Waals surface area contributed by atoms with Crippen LogP contribution in [0.5, 0.6) is 0 Å². The second kappa shape index (κ2) is 2.31. The normalized spacial score (nSPS) is 11.8. The smallest absolute Gasteiger partial charge is 0.0888 e. The maximum absolute atomic E-state index is 2.30. The molecule has 3 aromatic rings. The van der Waals surface area contributed by atoms with Crippen molar-refractivity contribution in [3.63, 3.8) is 0 Å². The number of thiophene rings is 3. The van der Waals surface area contributed by atoms with E-state index < -0.39 is 0 Å². The van der Waals surface area contributed by atoms with Crippen molar-refractivity contribution in [1.82, 2.24) is 0 Å². The first-order valence-electron chi connectivity index (χ1n) is 3.71. The summed E-state index contributed by atoms with van der Waals surface area (Å²) in [6, 6.07) is 4.52. The van der Waals surface area contributed by atoms with E-state index in [2.05, 4.69) is 24.4 Å². The van der Waals surface area contributed by atoms with Crippen molar-refractivity contribution in [2.24, 2.45) is 0 Å². The molecule has 0 nitrogen and oxygen atoms in total. The maximum Gasteiger partial charge on any atom is 0.0888 e. The molecule has 0 aliphatic carbocycles. The highest BCUT2D eigenvalue weighted by Gasteiger charge is 2.07. The predicted octanol–water partition coefficient (Wildman–Crippen LogP) is 4.49. The van der Waals surface area contributed by atoms with Crippen molar-refractivity contribution >= 4 is 52.8 Å². The van der Waals surface area contributed by atoms with Gasteiger partial charge in [0.05, 0.1) is 8.71 Å². The summed E-state index contributed by atoms with van der Waals surface area (Å²) in [5.41, 5.74) is 0. The van der Waals surface area contributed by atoms with Gasteiger partial charge in [0.15, 0.2) is 0 Å². The van der Waals surface area contributed by atoms with Crippen LogP contribution in [-0.4, -0.2) is 0 Å². The lowest BCUT2D eigenvalue weighted by atomic mass is 10.3. The van der Waals surface area contributed by atoms with Crippen LogP contribution in [0, 0.1) is 6.92 Å². The van der Waals surface area contributed by atoms with E-state index >= 15 is 0 Å². The minimum Gasteiger partial charge on any atom is -0.142 e. The topological polar surface area (TPSA) is 0 Å². The molecule has 0 saturated carbocycles. The van der Waals surface area contributed by atoms with Crippen LogP contribution in [0.2, 0.25) is 0 Å². The fourth-order valence-corrected chi connectivity index (χ4v) is 5.08. The highest BCUT2D eigenvalue weighted by Crippen LogP contribution is 2.41. The SMILES string of the molecule is Cc1cc2c(s1)sc1ccsc12. The lowest BCUT2D eigenvalue weighted by molar-refractivity contribution is 1.66. The van der Waals surface area contributed by atoms with Crippen LogP contribution in [0.4, 0.5) is 0 Å². The van der Waals surface area contributed by atoms with Gasteiger partial charge in [0, 0.05) is 15.0 Å². The Labute approximate surface area is 82.1 Å². The third-order valence-corrected chi connectivity index (χ3v) is 5.29. The van der Waals surface area contributed by atoms with E-state index in [0.717, 1.165) is 0 Å². The zero-order valence-electron chi connectivity index (χ0n) is 6.46. The van der Waals surface area contributed by atoms with Gasteiger partial charge in [-0.3, -0.25) is 0 Å². The van der Waals surface area contributed by atoms with E-state index in [4.69, 9.17) is 0 Å². The second-order valence-electron chi connectivity index (χ2n) is 2.77. The number of rotatable bonds is 0. The van der Waals surface area contributed by atoms with E-state index in [-0.39, 0.29) is 0 Å². The fourth-order valence-electron chi connectivity index (χ4n) is 1.40. The molecule has 0 spiro atoms. The summed E-state index contributed by atoms with van der Waals surface area (Å²) in [5.74, 6) is 0. The third-order valence-electron chi connectivity index (χ3n) is 1.90. The first kappa shape index (κ1) is 7.06. The van der Waals surface area contributed by atoms with E-state index in [1.165, 1.54) is 23.7 Å². The molecule has 3 rings (SSSR count). The summed E-state index contributed by atoms with van der Waals surface area (Å²) in [6.07, 6.45) is 0. The first-order valence-corrected chi connectivity index (χ1v) is 6.22. The van der Waals surface area contributed by atoms with Crippen molar-refractivity contribution < 1.29 is 0 Å². The fraction of sp³-hybridized carbons (Fsp3) is 0.111. The Bertz CT molecular complexity index is 538. The van der Waals surface area contributed by atoms with E-state index in [1.807, 2.05) is 34.0 Å². The minimum absolute atomic E-state index is 1.42. The molecule has 0 atom stereocenters.